The lowest BCUT2D eigenvalue weighted by Crippen LogP contribution is -2.18. The Labute approximate surface area is 120 Å². The molecule has 0 aliphatic carbocycles. The van der Waals surface area contributed by atoms with Gasteiger partial charge in [0.15, 0.2) is 0 Å². The van der Waals surface area contributed by atoms with Crippen LogP contribution in [0.15, 0.2) is 28.7 Å². The Morgan fingerprint density at radius 1 is 1.00 bits per heavy atom. The van der Waals surface area contributed by atoms with E-state index < -0.39 is 0 Å². The van der Waals surface area contributed by atoms with E-state index in [9.17, 15) is 0 Å². The third-order valence-electron chi connectivity index (χ3n) is 3.27. The summed E-state index contributed by atoms with van der Waals surface area (Å²) >= 11 is 8.49. The number of thiol groups is 1. The molecule has 1 aromatic rings. The lowest BCUT2D eigenvalue weighted by atomic mass is 9.88. The summed E-state index contributed by atoms with van der Waals surface area (Å²) in [6.07, 6.45) is 7.34. The van der Waals surface area contributed by atoms with Crippen molar-refractivity contribution >= 4 is 28.6 Å². The van der Waals surface area contributed by atoms with E-state index in [1.165, 1.54) is 44.1 Å². The second-order valence-electron chi connectivity index (χ2n) is 4.75. The zero-order valence-corrected chi connectivity index (χ0v) is 13.4. The highest BCUT2D eigenvalue weighted by Crippen LogP contribution is 2.39. The van der Waals surface area contributed by atoms with E-state index in [4.69, 9.17) is 12.6 Å². The molecule has 0 unspecified atom stereocenters. The highest BCUT2D eigenvalue weighted by molar-refractivity contribution is 9.10. The minimum atomic E-state index is 0.0622. The first-order chi connectivity index (χ1) is 8.12. The SMILES string of the molecule is CCCCC(S)(CCCC)c1ccc(Br)cc1. The Balaban J connectivity index is 2.83. The van der Waals surface area contributed by atoms with Gasteiger partial charge in [0.1, 0.15) is 0 Å². The summed E-state index contributed by atoms with van der Waals surface area (Å²) in [5.41, 5.74) is 1.37. The van der Waals surface area contributed by atoms with Gasteiger partial charge in [-0.25, -0.2) is 0 Å². The molecule has 0 aromatic heterocycles. The molecule has 0 nitrogen and oxygen atoms in total. The van der Waals surface area contributed by atoms with Crippen molar-refractivity contribution in [2.24, 2.45) is 0 Å². The van der Waals surface area contributed by atoms with Crippen LogP contribution in [0, 0.1) is 0 Å². The van der Waals surface area contributed by atoms with Crippen molar-refractivity contribution in [2.75, 3.05) is 0 Å². The van der Waals surface area contributed by atoms with Gasteiger partial charge in [-0.15, -0.1) is 0 Å². The molecule has 0 N–H and O–H groups in total. The molecular weight excluding hydrogens is 292 g/mol. The van der Waals surface area contributed by atoms with Crippen molar-refractivity contribution in [3.05, 3.63) is 34.3 Å². The molecule has 0 spiro atoms. The quantitative estimate of drug-likeness (QED) is 0.590. The van der Waals surface area contributed by atoms with E-state index in [1.807, 2.05) is 0 Å². The first kappa shape index (κ1) is 15.1. The zero-order chi connectivity index (χ0) is 12.7. The Kier molecular flexibility index (Phi) is 6.65. The maximum atomic E-state index is 5.00. The molecular formula is C15H23BrS. The van der Waals surface area contributed by atoms with Crippen LogP contribution in [0.2, 0.25) is 0 Å². The first-order valence-corrected chi connectivity index (χ1v) is 7.85. The van der Waals surface area contributed by atoms with E-state index in [1.54, 1.807) is 0 Å². The Morgan fingerprint density at radius 2 is 1.47 bits per heavy atom. The van der Waals surface area contributed by atoms with Crippen LogP contribution in [0.1, 0.15) is 57.9 Å². The van der Waals surface area contributed by atoms with Crippen molar-refractivity contribution in [3.8, 4) is 0 Å². The minimum absolute atomic E-state index is 0.0622. The molecule has 2 heteroatoms. The lowest BCUT2D eigenvalue weighted by Gasteiger charge is -2.29. The van der Waals surface area contributed by atoms with Gasteiger partial charge in [-0.3, -0.25) is 0 Å². The molecule has 0 fully saturated rings. The van der Waals surface area contributed by atoms with Crippen LogP contribution in [0.25, 0.3) is 0 Å². The lowest BCUT2D eigenvalue weighted by molar-refractivity contribution is 0.484. The summed E-state index contributed by atoms with van der Waals surface area (Å²) in [6, 6.07) is 8.67. The van der Waals surface area contributed by atoms with Gasteiger partial charge in [-0.2, -0.15) is 12.6 Å². The third-order valence-corrected chi connectivity index (χ3v) is 4.50. The van der Waals surface area contributed by atoms with Crippen LogP contribution in [-0.4, -0.2) is 0 Å². The molecule has 0 aliphatic rings. The fourth-order valence-electron chi connectivity index (χ4n) is 2.11. The molecule has 96 valence electrons. The molecule has 17 heavy (non-hydrogen) atoms. The van der Waals surface area contributed by atoms with Crippen molar-refractivity contribution in [1.29, 1.82) is 0 Å². The van der Waals surface area contributed by atoms with E-state index in [2.05, 4.69) is 54.0 Å². The molecule has 0 radical (unpaired) electrons. The van der Waals surface area contributed by atoms with Crippen LogP contribution in [0.5, 0.6) is 0 Å². The molecule has 1 aromatic carbocycles. The van der Waals surface area contributed by atoms with Gasteiger partial charge in [0.2, 0.25) is 0 Å². The Hall–Kier alpha value is 0.0500. The largest absolute Gasteiger partial charge is 0.168 e. The fraction of sp³-hybridized carbons (Fsp3) is 0.600. The average Bonchev–Trinajstić information content (AvgIpc) is 2.34. The molecule has 0 atom stereocenters. The standard InChI is InChI=1S/C15H23BrS/c1-3-5-11-15(17,12-6-4-2)13-7-9-14(16)10-8-13/h7-10,17H,3-6,11-12H2,1-2H3. The number of halogens is 1. The summed E-state index contributed by atoms with van der Waals surface area (Å²) in [4.78, 5) is 0. The van der Waals surface area contributed by atoms with Crippen LogP contribution in [0.3, 0.4) is 0 Å². The topological polar surface area (TPSA) is 0 Å². The Morgan fingerprint density at radius 3 is 1.88 bits per heavy atom. The van der Waals surface area contributed by atoms with Gasteiger partial charge >= 0.3 is 0 Å². The second-order valence-corrected chi connectivity index (χ2v) is 6.52. The third kappa shape index (κ3) is 4.67. The molecule has 0 bridgehead atoms. The van der Waals surface area contributed by atoms with Crippen molar-refractivity contribution in [1.82, 2.24) is 0 Å². The highest BCUT2D eigenvalue weighted by Gasteiger charge is 2.26. The molecule has 0 amide bonds. The van der Waals surface area contributed by atoms with E-state index in [0.717, 1.165) is 4.47 Å². The van der Waals surface area contributed by atoms with Crippen LogP contribution < -0.4 is 0 Å². The van der Waals surface area contributed by atoms with Crippen molar-refractivity contribution < 1.29 is 0 Å². The number of hydrogen-bond acceptors (Lipinski definition) is 1. The van der Waals surface area contributed by atoms with Gasteiger partial charge in [0.05, 0.1) is 0 Å². The van der Waals surface area contributed by atoms with E-state index in [0.29, 0.717) is 0 Å². The predicted octanol–water partition coefficient (Wildman–Crippen LogP) is 5.95. The highest BCUT2D eigenvalue weighted by atomic mass is 79.9. The first-order valence-electron chi connectivity index (χ1n) is 6.61. The molecule has 0 heterocycles. The molecule has 0 saturated heterocycles. The smallest absolute Gasteiger partial charge is 0.0378 e. The van der Waals surface area contributed by atoms with E-state index in [-0.39, 0.29) is 4.75 Å². The van der Waals surface area contributed by atoms with Crippen molar-refractivity contribution in [3.63, 3.8) is 0 Å². The second kappa shape index (κ2) is 7.48. The number of rotatable bonds is 7. The fourth-order valence-corrected chi connectivity index (χ4v) is 2.84. The van der Waals surface area contributed by atoms with Crippen LogP contribution >= 0.6 is 28.6 Å². The van der Waals surface area contributed by atoms with Crippen LogP contribution in [-0.2, 0) is 4.75 Å². The maximum Gasteiger partial charge on any atom is 0.0378 e. The Bertz CT molecular complexity index is 310. The monoisotopic (exact) mass is 314 g/mol. The van der Waals surface area contributed by atoms with Gasteiger partial charge < -0.3 is 0 Å². The summed E-state index contributed by atoms with van der Waals surface area (Å²) in [6.45, 7) is 4.49. The predicted molar refractivity (Wildman–Crippen MR) is 83.9 cm³/mol. The normalized spacial score (nSPS) is 11.8. The zero-order valence-electron chi connectivity index (χ0n) is 10.9. The number of hydrogen-bond donors (Lipinski definition) is 1. The minimum Gasteiger partial charge on any atom is -0.168 e. The van der Waals surface area contributed by atoms with Gasteiger partial charge in [0, 0.05) is 9.22 Å². The van der Waals surface area contributed by atoms with Gasteiger partial charge in [-0.1, -0.05) is 67.6 Å². The van der Waals surface area contributed by atoms with Gasteiger partial charge in [-0.05, 0) is 30.5 Å². The summed E-state index contributed by atoms with van der Waals surface area (Å²) in [5, 5.41) is 0. The molecule has 0 saturated carbocycles. The van der Waals surface area contributed by atoms with Crippen LogP contribution in [0.4, 0.5) is 0 Å². The summed E-state index contributed by atoms with van der Waals surface area (Å²) in [7, 11) is 0. The number of unbranched alkanes of at least 4 members (excludes halogenated alkanes) is 2. The number of benzene rings is 1. The maximum absolute atomic E-state index is 5.00. The molecule has 1 rings (SSSR count). The summed E-state index contributed by atoms with van der Waals surface area (Å²) in [5.74, 6) is 0. The average molecular weight is 315 g/mol. The van der Waals surface area contributed by atoms with Crippen molar-refractivity contribution in [2.45, 2.75) is 57.1 Å². The van der Waals surface area contributed by atoms with Gasteiger partial charge in [0.25, 0.3) is 0 Å². The van der Waals surface area contributed by atoms with E-state index >= 15 is 0 Å². The molecule has 0 aliphatic heterocycles. The summed E-state index contributed by atoms with van der Waals surface area (Å²) < 4.78 is 1.20.